The van der Waals surface area contributed by atoms with E-state index in [1.807, 2.05) is 81.4 Å². The van der Waals surface area contributed by atoms with Crippen molar-refractivity contribution in [1.29, 1.82) is 0 Å². The van der Waals surface area contributed by atoms with Crippen molar-refractivity contribution in [3.63, 3.8) is 0 Å². The summed E-state index contributed by atoms with van der Waals surface area (Å²) in [4.78, 5) is 29.1. The molecule has 0 aliphatic carbocycles. The number of rotatable bonds is 7. The predicted octanol–water partition coefficient (Wildman–Crippen LogP) is 4.75. The van der Waals surface area contributed by atoms with Crippen LogP contribution < -0.4 is 10.6 Å². The maximum absolute atomic E-state index is 12.9. The maximum atomic E-state index is 12.9. The van der Waals surface area contributed by atoms with Gasteiger partial charge in [-0.2, -0.15) is 0 Å². The number of carbonyl (C=O) groups is 2. The third kappa shape index (κ3) is 6.67. The number of ether oxygens (including phenoxy) is 1. The average molecular weight is 432 g/mol. The Morgan fingerprint density at radius 2 is 1.62 bits per heavy atom. The van der Waals surface area contributed by atoms with Crippen LogP contribution >= 0.6 is 0 Å². The molecule has 6 heteroatoms. The lowest BCUT2D eigenvalue weighted by Crippen LogP contribution is -2.32. The molecule has 0 bridgehead atoms. The summed E-state index contributed by atoms with van der Waals surface area (Å²) in [5, 5.41) is 5.80. The van der Waals surface area contributed by atoms with Crippen LogP contribution in [0.4, 0.5) is 4.79 Å². The minimum absolute atomic E-state index is 0.139. The van der Waals surface area contributed by atoms with Gasteiger partial charge in [0, 0.05) is 31.0 Å². The van der Waals surface area contributed by atoms with E-state index in [-0.39, 0.29) is 5.91 Å². The molecule has 1 heterocycles. The fourth-order valence-electron chi connectivity index (χ4n) is 3.30. The van der Waals surface area contributed by atoms with Crippen LogP contribution in [0.25, 0.3) is 11.1 Å². The summed E-state index contributed by atoms with van der Waals surface area (Å²) >= 11 is 0. The highest BCUT2D eigenvalue weighted by molar-refractivity contribution is 6.01. The van der Waals surface area contributed by atoms with E-state index in [1.165, 1.54) is 0 Å². The van der Waals surface area contributed by atoms with Crippen molar-refractivity contribution >= 4 is 12.0 Å². The van der Waals surface area contributed by atoms with Crippen molar-refractivity contribution in [2.75, 3.05) is 6.54 Å². The van der Waals surface area contributed by atoms with Crippen LogP contribution in [0, 0.1) is 0 Å². The highest BCUT2D eigenvalue weighted by Gasteiger charge is 2.18. The Hall–Kier alpha value is -3.67. The lowest BCUT2D eigenvalue weighted by Gasteiger charge is -2.20. The lowest BCUT2D eigenvalue weighted by molar-refractivity contribution is 0.0523. The van der Waals surface area contributed by atoms with Crippen molar-refractivity contribution in [3.05, 3.63) is 89.7 Å². The number of nitrogens with zero attached hydrogens (tertiary/aromatic N) is 1. The van der Waals surface area contributed by atoms with Gasteiger partial charge >= 0.3 is 6.09 Å². The Balaban J connectivity index is 1.73. The van der Waals surface area contributed by atoms with Crippen LogP contribution in [0.2, 0.25) is 0 Å². The zero-order valence-electron chi connectivity index (χ0n) is 18.7. The normalized spacial score (nSPS) is 11.0. The molecule has 0 atom stereocenters. The molecule has 0 fully saturated rings. The van der Waals surface area contributed by atoms with Gasteiger partial charge in [0.15, 0.2) is 0 Å². The molecule has 1 aromatic heterocycles. The zero-order valence-corrected chi connectivity index (χ0v) is 18.7. The third-order valence-electron chi connectivity index (χ3n) is 4.72. The summed E-state index contributed by atoms with van der Waals surface area (Å²) in [6.07, 6.45) is 3.76. The second kappa shape index (κ2) is 10.6. The van der Waals surface area contributed by atoms with Crippen LogP contribution in [0.15, 0.2) is 73.1 Å². The molecule has 2 amide bonds. The number of aromatic nitrogens is 1. The molecule has 32 heavy (non-hydrogen) atoms. The summed E-state index contributed by atoms with van der Waals surface area (Å²) in [7, 11) is 0. The molecule has 2 N–H and O–H groups in total. The van der Waals surface area contributed by atoms with Crippen molar-refractivity contribution < 1.29 is 14.3 Å². The van der Waals surface area contributed by atoms with Gasteiger partial charge in [0.1, 0.15) is 5.60 Å². The molecule has 166 valence electrons. The number of nitrogens with one attached hydrogen (secondary N) is 2. The van der Waals surface area contributed by atoms with Crippen LogP contribution in [-0.4, -0.2) is 29.1 Å². The van der Waals surface area contributed by atoms with Gasteiger partial charge in [-0.05, 0) is 61.6 Å². The molecule has 2 aromatic carbocycles. The van der Waals surface area contributed by atoms with Gasteiger partial charge in [0.05, 0.1) is 0 Å². The van der Waals surface area contributed by atoms with E-state index in [1.54, 1.807) is 12.4 Å². The van der Waals surface area contributed by atoms with Crippen LogP contribution in [-0.2, 0) is 17.7 Å². The average Bonchev–Trinajstić information content (AvgIpc) is 2.77. The van der Waals surface area contributed by atoms with E-state index >= 15 is 0 Å². The fourth-order valence-corrected chi connectivity index (χ4v) is 3.30. The number of alkyl carbamates (subject to hydrolysis) is 1. The third-order valence-corrected chi connectivity index (χ3v) is 4.72. The Labute approximate surface area is 189 Å². The summed E-state index contributed by atoms with van der Waals surface area (Å²) < 4.78 is 5.33. The van der Waals surface area contributed by atoms with E-state index in [4.69, 9.17) is 4.74 Å². The van der Waals surface area contributed by atoms with Gasteiger partial charge in [-0.3, -0.25) is 9.78 Å². The number of carbonyl (C=O) groups excluding carboxylic acids is 2. The summed E-state index contributed by atoms with van der Waals surface area (Å²) in [5.41, 5.74) is 3.69. The van der Waals surface area contributed by atoms with Gasteiger partial charge in [0.2, 0.25) is 0 Å². The number of amides is 2. The molecule has 3 rings (SSSR count). The summed E-state index contributed by atoms with van der Waals surface area (Å²) in [6.45, 7) is 6.28. The van der Waals surface area contributed by atoms with E-state index in [9.17, 15) is 9.59 Å². The van der Waals surface area contributed by atoms with Crippen LogP contribution in [0.1, 0.15) is 42.3 Å². The Morgan fingerprint density at radius 3 is 2.34 bits per heavy atom. The SMILES string of the molecule is CC(C)(C)OC(=O)NCc1ccccc1-c1ccccc1C(=O)NCCc1cccnc1. The van der Waals surface area contributed by atoms with E-state index < -0.39 is 11.7 Å². The smallest absolute Gasteiger partial charge is 0.407 e. The minimum atomic E-state index is -0.565. The van der Waals surface area contributed by atoms with Gasteiger partial charge in [0.25, 0.3) is 5.91 Å². The molecule has 0 aliphatic rings. The highest BCUT2D eigenvalue weighted by atomic mass is 16.6. The highest BCUT2D eigenvalue weighted by Crippen LogP contribution is 2.27. The lowest BCUT2D eigenvalue weighted by atomic mass is 9.95. The first-order valence-electron chi connectivity index (χ1n) is 10.6. The van der Waals surface area contributed by atoms with Crippen molar-refractivity contribution in [1.82, 2.24) is 15.6 Å². The fraction of sp³-hybridized carbons (Fsp3) is 0.269. The molecule has 0 spiro atoms. The zero-order chi connectivity index (χ0) is 23.0. The number of benzene rings is 2. The number of hydrogen-bond donors (Lipinski definition) is 2. The molecule has 0 unspecified atom stereocenters. The Bertz CT molecular complexity index is 1060. The monoisotopic (exact) mass is 431 g/mol. The molecular formula is C26H29N3O3. The first-order valence-corrected chi connectivity index (χ1v) is 10.6. The van der Waals surface area contributed by atoms with Crippen LogP contribution in [0.5, 0.6) is 0 Å². The predicted molar refractivity (Wildman–Crippen MR) is 125 cm³/mol. The summed E-state index contributed by atoms with van der Waals surface area (Å²) in [6, 6.07) is 19.1. The molecule has 0 saturated heterocycles. The standard InChI is InChI=1S/C26H29N3O3/c1-26(2,3)32-25(31)29-18-20-10-4-5-11-21(20)22-12-6-7-13-23(22)24(30)28-16-14-19-9-8-15-27-17-19/h4-13,15,17H,14,16,18H2,1-3H3,(H,28,30)(H,29,31). The first-order chi connectivity index (χ1) is 15.3. The first kappa shape index (κ1) is 23.0. The quantitative estimate of drug-likeness (QED) is 0.566. The van der Waals surface area contributed by atoms with E-state index in [2.05, 4.69) is 15.6 Å². The molecule has 6 nitrogen and oxygen atoms in total. The van der Waals surface area contributed by atoms with Crippen molar-refractivity contribution in [2.24, 2.45) is 0 Å². The van der Waals surface area contributed by atoms with E-state index in [0.29, 0.717) is 25.1 Å². The Kier molecular flexibility index (Phi) is 7.60. The second-order valence-electron chi connectivity index (χ2n) is 8.43. The molecule has 0 aliphatic heterocycles. The van der Waals surface area contributed by atoms with Gasteiger partial charge in [-0.25, -0.2) is 4.79 Å². The largest absolute Gasteiger partial charge is 0.444 e. The molecule has 3 aromatic rings. The van der Waals surface area contributed by atoms with E-state index in [0.717, 1.165) is 22.3 Å². The molecule has 0 saturated carbocycles. The minimum Gasteiger partial charge on any atom is -0.444 e. The second-order valence-corrected chi connectivity index (χ2v) is 8.43. The van der Waals surface area contributed by atoms with Gasteiger partial charge < -0.3 is 15.4 Å². The molecule has 0 radical (unpaired) electrons. The van der Waals surface area contributed by atoms with Crippen LogP contribution in [0.3, 0.4) is 0 Å². The Morgan fingerprint density at radius 1 is 0.906 bits per heavy atom. The van der Waals surface area contributed by atoms with Gasteiger partial charge in [-0.1, -0.05) is 48.5 Å². The molecular weight excluding hydrogens is 402 g/mol. The van der Waals surface area contributed by atoms with Crippen molar-refractivity contribution in [2.45, 2.75) is 39.3 Å². The summed E-state index contributed by atoms with van der Waals surface area (Å²) in [5.74, 6) is -0.139. The topological polar surface area (TPSA) is 80.3 Å². The number of hydrogen-bond acceptors (Lipinski definition) is 4. The van der Waals surface area contributed by atoms with Crippen molar-refractivity contribution in [3.8, 4) is 11.1 Å². The number of pyridine rings is 1. The maximum Gasteiger partial charge on any atom is 0.407 e. The van der Waals surface area contributed by atoms with Gasteiger partial charge in [-0.15, -0.1) is 0 Å².